The smallest absolute Gasteiger partial charge is 0.288 e. The van der Waals surface area contributed by atoms with E-state index < -0.39 is 17.6 Å². The fourth-order valence-electron chi connectivity index (χ4n) is 0.989. The molecule has 0 aliphatic rings. The molecule has 0 radical (unpaired) electrons. The first-order valence-electron chi connectivity index (χ1n) is 3.81. The molecular weight excluding hydrogens is 246 g/mol. The number of nitro groups is 1. The van der Waals surface area contributed by atoms with Crippen LogP contribution in [0.25, 0.3) is 0 Å². The van der Waals surface area contributed by atoms with E-state index in [0.717, 1.165) is 0 Å². The van der Waals surface area contributed by atoms with Gasteiger partial charge in [0, 0.05) is 6.07 Å². The lowest BCUT2D eigenvalue weighted by Gasteiger charge is -2.06. The predicted octanol–water partition coefficient (Wildman–Crippen LogP) is 2.64. The van der Waals surface area contributed by atoms with Crippen molar-refractivity contribution < 1.29 is 9.31 Å². The highest BCUT2D eigenvalue weighted by atomic mass is 35.5. The minimum absolute atomic E-state index is 0. The Labute approximate surface area is 96.8 Å². The molecule has 0 aromatic heterocycles. The van der Waals surface area contributed by atoms with Crippen LogP contribution >= 0.6 is 24.0 Å². The van der Waals surface area contributed by atoms with Crippen molar-refractivity contribution in [3.8, 4) is 0 Å². The molecular formula is C8H9Cl2FN2O2. The molecule has 0 aliphatic heterocycles. The van der Waals surface area contributed by atoms with Crippen molar-refractivity contribution >= 4 is 29.7 Å². The van der Waals surface area contributed by atoms with Crippen LogP contribution in [0.1, 0.15) is 11.6 Å². The Morgan fingerprint density at radius 2 is 2.20 bits per heavy atom. The average Bonchev–Trinajstić information content (AvgIpc) is 2.17. The van der Waals surface area contributed by atoms with Gasteiger partial charge in [-0.05, 0) is 11.6 Å². The topological polar surface area (TPSA) is 69.2 Å². The summed E-state index contributed by atoms with van der Waals surface area (Å²) in [5.74, 6) is 0. The van der Waals surface area contributed by atoms with E-state index in [4.69, 9.17) is 17.3 Å². The summed E-state index contributed by atoms with van der Waals surface area (Å²) in [6.45, 7) is -0.765. The lowest BCUT2D eigenvalue weighted by atomic mass is 10.1. The summed E-state index contributed by atoms with van der Waals surface area (Å²) in [6.07, 6.45) is 0. The Balaban J connectivity index is 0.00000196. The van der Waals surface area contributed by atoms with Gasteiger partial charge in [0.05, 0.1) is 11.0 Å². The molecule has 0 spiro atoms. The number of nitrogens with two attached hydrogens (primary N) is 1. The highest BCUT2D eigenvalue weighted by molar-refractivity contribution is 6.32. The van der Waals surface area contributed by atoms with Crippen molar-refractivity contribution in [2.45, 2.75) is 6.04 Å². The van der Waals surface area contributed by atoms with Gasteiger partial charge in [0.25, 0.3) is 5.69 Å². The summed E-state index contributed by atoms with van der Waals surface area (Å²) in [5.41, 5.74) is 5.48. The van der Waals surface area contributed by atoms with Crippen LogP contribution < -0.4 is 5.73 Å². The minimum Gasteiger partial charge on any atom is -0.322 e. The molecule has 7 heteroatoms. The largest absolute Gasteiger partial charge is 0.322 e. The summed E-state index contributed by atoms with van der Waals surface area (Å²) >= 11 is 5.56. The van der Waals surface area contributed by atoms with Gasteiger partial charge in [0.15, 0.2) is 0 Å². The minimum atomic E-state index is -0.842. The molecule has 1 aromatic rings. The molecule has 0 saturated carbocycles. The zero-order valence-electron chi connectivity index (χ0n) is 7.52. The average molecular weight is 255 g/mol. The molecule has 0 bridgehead atoms. The molecule has 15 heavy (non-hydrogen) atoms. The van der Waals surface area contributed by atoms with Crippen molar-refractivity contribution in [2.75, 3.05) is 6.67 Å². The maximum atomic E-state index is 12.2. The molecule has 4 nitrogen and oxygen atoms in total. The Kier molecular flexibility index (Phi) is 5.49. The van der Waals surface area contributed by atoms with Gasteiger partial charge in [-0.15, -0.1) is 12.4 Å². The van der Waals surface area contributed by atoms with Crippen LogP contribution in [0.15, 0.2) is 18.2 Å². The van der Waals surface area contributed by atoms with E-state index in [0.29, 0.717) is 5.56 Å². The molecule has 0 aliphatic carbocycles. The molecule has 84 valence electrons. The standard InChI is InChI=1S/C8H8ClFN2O2.ClH/c9-6-2-1-5(7(11)4-10)3-8(6)12(13)14;/h1-3,7H,4,11H2;1H/t7-;/m1./s1. The van der Waals surface area contributed by atoms with Crippen LogP contribution in [0.3, 0.4) is 0 Å². The first-order valence-corrected chi connectivity index (χ1v) is 4.19. The van der Waals surface area contributed by atoms with Crippen molar-refractivity contribution in [3.05, 3.63) is 38.9 Å². The fraction of sp³-hybridized carbons (Fsp3) is 0.250. The second kappa shape index (κ2) is 5.85. The SMILES string of the molecule is Cl.N[C@H](CF)c1ccc(Cl)c([N+](=O)[O-])c1. The second-order valence-electron chi connectivity index (χ2n) is 2.73. The summed E-state index contributed by atoms with van der Waals surface area (Å²) in [6, 6.07) is 3.16. The van der Waals surface area contributed by atoms with E-state index in [1.807, 2.05) is 0 Å². The van der Waals surface area contributed by atoms with Gasteiger partial charge in [-0.3, -0.25) is 10.1 Å². The number of alkyl halides is 1. The maximum absolute atomic E-state index is 12.2. The van der Waals surface area contributed by atoms with Gasteiger partial charge >= 0.3 is 0 Å². The van der Waals surface area contributed by atoms with Crippen molar-refractivity contribution in [1.82, 2.24) is 0 Å². The number of nitro benzene ring substituents is 1. The van der Waals surface area contributed by atoms with Crippen molar-refractivity contribution in [3.63, 3.8) is 0 Å². The van der Waals surface area contributed by atoms with E-state index in [1.165, 1.54) is 18.2 Å². The lowest BCUT2D eigenvalue weighted by molar-refractivity contribution is -0.384. The summed E-state index contributed by atoms with van der Waals surface area (Å²) in [4.78, 5) is 9.84. The van der Waals surface area contributed by atoms with Crippen LogP contribution in [0.5, 0.6) is 0 Å². The number of nitrogens with zero attached hydrogens (tertiary/aromatic N) is 1. The Morgan fingerprint density at radius 1 is 1.60 bits per heavy atom. The summed E-state index contributed by atoms with van der Waals surface area (Å²) in [7, 11) is 0. The number of hydrogen-bond acceptors (Lipinski definition) is 3. The van der Waals surface area contributed by atoms with Crippen LogP contribution in [0.2, 0.25) is 5.02 Å². The van der Waals surface area contributed by atoms with Crippen molar-refractivity contribution in [2.24, 2.45) is 5.73 Å². The molecule has 0 saturated heterocycles. The van der Waals surface area contributed by atoms with Gasteiger partial charge in [0.2, 0.25) is 0 Å². The van der Waals surface area contributed by atoms with E-state index in [2.05, 4.69) is 0 Å². The van der Waals surface area contributed by atoms with E-state index >= 15 is 0 Å². The molecule has 0 amide bonds. The second-order valence-corrected chi connectivity index (χ2v) is 3.14. The molecule has 0 unspecified atom stereocenters. The molecule has 1 rings (SSSR count). The lowest BCUT2D eigenvalue weighted by Crippen LogP contribution is -2.12. The molecule has 2 N–H and O–H groups in total. The number of benzene rings is 1. The predicted molar refractivity (Wildman–Crippen MR) is 58.3 cm³/mol. The Hall–Kier alpha value is -0.910. The third kappa shape index (κ3) is 3.30. The number of hydrogen-bond donors (Lipinski definition) is 1. The molecule has 0 fully saturated rings. The fourth-order valence-corrected chi connectivity index (χ4v) is 1.18. The van der Waals surface area contributed by atoms with Crippen LogP contribution in [0, 0.1) is 10.1 Å². The van der Waals surface area contributed by atoms with Crippen LogP contribution in [-0.4, -0.2) is 11.6 Å². The zero-order valence-corrected chi connectivity index (χ0v) is 9.09. The van der Waals surface area contributed by atoms with E-state index in [9.17, 15) is 14.5 Å². The molecule has 1 aromatic carbocycles. The highest BCUT2D eigenvalue weighted by Crippen LogP contribution is 2.27. The molecule has 0 heterocycles. The number of rotatable bonds is 3. The van der Waals surface area contributed by atoms with Gasteiger partial charge < -0.3 is 5.73 Å². The van der Waals surface area contributed by atoms with Gasteiger partial charge in [-0.25, -0.2) is 4.39 Å². The third-order valence-electron chi connectivity index (χ3n) is 1.76. The third-order valence-corrected chi connectivity index (χ3v) is 2.08. The van der Waals surface area contributed by atoms with E-state index in [1.54, 1.807) is 0 Å². The summed E-state index contributed by atoms with van der Waals surface area (Å²) < 4.78 is 12.2. The highest BCUT2D eigenvalue weighted by Gasteiger charge is 2.15. The van der Waals surface area contributed by atoms with Crippen LogP contribution in [-0.2, 0) is 0 Å². The van der Waals surface area contributed by atoms with Gasteiger partial charge in [-0.2, -0.15) is 0 Å². The quantitative estimate of drug-likeness (QED) is 0.666. The monoisotopic (exact) mass is 254 g/mol. The van der Waals surface area contributed by atoms with Gasteiger partial charge in [0.1, 0.15) is 11.7 Å². The normalized spacial score (nSPS) is 11.7. The Bertz CT molecular complexity index is 362. The maximum Gasteiger partial charge on any atom is 0.288 e. The summed E-state index contributed by atoms with van der Waals surface area (Å²) in [5, 5.41) is 10.5. The van der Waals surface area contributed by atoms with E-state index in [-0.39, 0.29) is 23.1 Å². The van der Waals surface area contributed by atoms with Crippen molar-refractivity contribution in [1.29, 1.82) is 0 Å². The van der Waals surface area contributed by atoms with Gasteiger partial charge in [-0.1, -0.05) is 17.7 Å². The number of halogens is 3. The zero-order chi connectivity index (χ0) is 10.7. The Morgan fingerprint density at radius 3 is 2.67 bits per heavy atom. The molecule has 1 atom stereocenters. The van der Waals surface area contributed by atoms with Crippen LogP contribution in [0.4, 0.5) is 10.1 Å². The first kappa shape index (κ1) is 14.1. The first-order chi connectivity index (χ1) is 6.56.